The van der Waals surface area contributed by atoms with Crippen LogP contribution in [-0.4, -0.2) is 34.6 Å². The topological polar surface area (TPSA) is 41.0 Å². The van der Waals surface area contributed by atoms with E-state index in [1.807, 2.05) is 22.8 Å². The molecular weight excluding hydrogens is 250 g/mol. The normalized spacial score (nSPS) is 21.6. The molecule has 1 fully saturated rings. The Balaban J connectivity index is 2.16. The Morgan fingerprint density at radius 2 is 2.28 bits per heavy atom. The third-order valence-corrected chi connectivity index (χ3v) is 3.96. The van der Waals surface area contributed by atoms with Crippen LogP contribution in [0.1, 0.15) is 18.9 Å². The van der Waals surface area contributed by atoms with Gasteiger partial charge in [0.05, 0.1) is 22.1 Å². The first-order chi connectivity index (χ1) is 8.66. The molecule has 18 heavy (non-hydrogen) atoms. The number of imidazole rings is 1. The smallest absolute Gasteiger partial charge is 0.305 e. The number of H-pyrrole nitrogens is 1. The zero-order valence-corrected chi connectivity index (χ0v) is 11.1. The van der Waals surface area contributed by atoms with Gasteiger partial charge in [-0.2, -0.15) is 0 Å². The standard InChI is InChI=1S/C13H16ClN3O/c1-16-7-3-4-9(8-16)17-12-10(14)5-2-6-11(12)15-13(17)18/h2,5-6,9H,3-4,7-8H2,1H3,(H,15,18). The van der Waals surface area contributed by atoms with Crippen LogP contribution < -0.4 is 5.69 Å². The summed E-state index contributed by atoms with van der Waals surface area (Å²) >= 11 is 6.24. The van der Waals surface area contributed by atoms with Crippen molar-refractivity contribution < 1.29 is 0 Å². The Kier molecular flexibility index (Phi) is 2.92. The van der Waals surface area contributed by atoms with Crippen LogP contribution in [0.5, 0.6) is 0 Å². The number of rotatable bonds is 1. The van der Waals surface area contributed by atoms with Crippen LogP contribution in [0.15, 0.2) is 23.0 Å². The van der Waals surface area contributed by atoms with Crippen LogP contribution in [0.4, 0.5) is 0 Å². The number of aromatic nitrogens is 2. The summed E-state index contributed by atoms with van der Waals surface area (Å²) in [4.78, 5) is 17.3. The maximum absolute atomic E-state index is 12.1. The van der Waals surface area contributed by atoms with Gasteiger partial charge >= 0.3 is 5.69 Å². The van der Waals surface area contributed by atoms with Gasteiger partial charge in [0.25, 0.3) is 0 Å². The highest BCUT2D eigenvalue weighted by atomic mass is 35.5. The van der Waals surface area contributed by atoms with E-state index in [0.29, 0.717) is 5.02 Å². The van der Waals surface area contributed by atoms with E-state index in [1.54, 1.807) is 0 Å². The Labute approximate surface area is 110 Å². The van der Waals surface area contributed by atoms with Crippen LogP contribution in [-0.2, 0) is 0 Å². The van der Waals surface area contributed by atoms with Crippen molar-refractivity contribution in [3.63, 3.8) is 0 Å². The van der Waals surface area contributed by atoms with E-state index in [0.717, 1.165) is 37.0 Å². The molecule has 1 N–H and O–H groups in total. The van der Waals surface area contributed by atoms with E-state index < -0.39 is 0 Å². The summed E-state index contributed by atoms with van der Waals surface area (Å²) in [5.74, 6) is 0. The van der Waals surface area contributed by atoms with E-state index in [9.17, 15) is 4.79 Å². The van der Waals surface area contributed by atoms with Crippen molar-refractivity contribution in [2.24, 2.45) is 0 Å². The lowest BCUT2D eigenvalue weighted by Gasteiger charge is -2.30. The minimum Gasteiger partial charge on any atom is -0.305 e. The maximum atomic E-state index is 12.1. The Hall–Kier alpha value is -1.26. The second-order valence-corrected chi connectivity index (χ2v) is 5.40. The average Bonchev–Trinajstić information content (AvgIpc) is 2.67. The number of fused-ring (bicyclic) bond motifs is 1. The van der Waals surface area contributed by atoms with Gasteiger partial charge in [-0.05, 0) is 38.6 Å². The maximum Gasteiger partial charge on any atom is 0.326 e. The molecule has 0 radical (unpaired) electrons. The van der Waals surface area contributed by atoms with Crippen LogP contribution in [0.3, 0.4) is 0 Å². The summed E-state index contributed by atoms with van der Waals surface area (Å²) in [5, 5.41) is 0.638. The van der Waals surface area contributed by atoms with Gasteiger partial charge in [-0.3, -0.25) is 4.57 Å². The lowest BCUT2D eigenvalue weighted by Crippen LogP contribution is -2.36. The summed E-state index contributed by atoms with van der Waals surface area (Å²) in [5.41, 5.74) is 1.60. The van der Waals surface area contributed by atoms with Gasteiger partial charge in [-0.15, -0.1) is 0 Å². The zero-order valence-electron chi connectivity index (χ0n) is 10.3. The molecule has 2 heterocycles. The molecule has 2 aromatic rings. The van der Waals surface area contributed by atoms with Gasteiger partial charge in [0, 0.05) is 6.54 Å². The summed E-state index contributed by atoms with van der Waals surface area (Å²) in [6, 6.07) is 5.80. The molecule has 5 heteroatoms. The van der Waals surface area contributed by atoms with Gasteiger partial charge in [0.1, 0.15) is 0 Å². The molecule has 1 aliphatic rings. The second kappa shape index (κ2) is 4.44. The van der Waals surface area contributed by atoms with Gasteiger partial charge in [0.15, 0.2) is 0 Å². The van der Waals surface area contributed by atoms with Gasteiger partial charge in [0.2, 0.25) is 0 Å². The minimum atomic E-state index is -0.0570. The van der Waals surface area contributed by atoms with Crippen molar-refractivity contribution >= 4 is 22.6 Å². The molecule has 1 saturated heterocycles. The van der Waals surface area contributed by atoms with Crippen LogP contribution in [0, 0.1) is 0 Å². The van der Waals surface area contributed by atoms with Crippen molar-refractivity contribution in [2.45, 2.75) is 18.9 Å². The van der Waals surface area contributed by atoms with Crippen molar-refractivity contribution in [2.75, 3.05) is 20.1 Å². The number of likely N-dealkylation sites (tertiary alicyclic amines) is 1. The third kappa shape index (κ3) is 1.85. The SMILES string of the molecule is CN1CCCC(n2c(=O)[nH]c3cccc(Cl)c32)C1. The Morgan fingerprint density at radius 1 is 1.44 bits per heavy atom. The predicted molar refractivity (Wildman–Crippen MR) is 73.3 cm³/mol. The lowest BCUT2D eigenvalue weighted by atomic mass is 10.1. The number of hydrogen-bond donors (Lipinski definition) is 1. The minimum absolute atomic E-state index is 0.0570. The number of likely N-dealkylation sites (N-methyl/N-ethyl adjacent to an activating group) is 1. The summed E-state index contributed by atoms with van der Waals surface area (Å²) in [6.07, 6.45) is 2.15. The molecule has 0 aliphatic carbocycles. The molecule has 1 aromatic heterocycles. The van der Waals surface area contributed by atoms with Crippen LogP contribution in [0.2, 0.25) is 5.02 Å². The fraction of sp³-hybridized carbons (Fsp3) is 0.462. The number of halogens is 1. The summed E-state index contributed by atoms with van der Waals surface area (Å²) in [7, 11) is 2.09. The van der Waals surface area contributed by atoms with E-state index in [4.69, 9.17) is 11.6 Å². The van der Waals surface area contributed by atoms with E-state index in [-0.39, 0.29) is 11.7 Å². The molecular formula is C13H16ClN3O. The first-order valence-corrected chi connectivity index (χ1v) is 6.62. The molecule has 0 spiro atoms. The highest BCUT2D eigenvalue weighted by molar-refractivity contribution is 6.34. The number of hydrogen-bond acceptors (Lipinski definition) is 2. The van der Waals surface area contributed by atoms with E-state index >= 15 is 0 Å². The fourth-order valence-electron chi connectivity index (χ4n) is 2.84. The number of aromatic amines is 1. The highest BCUT2D eigenvalue weighted by Gasteiger charge is 2.23. The number of benzene rings is 1. The molecule has 0 amide bonds. The van der Waals surface area contributed by atoms with Crippen molar-refractivity contribution in [1.82, 2.24) is 14.5 Å². The predicted octanol–water partition coefficient (Wildman–Crippen LogP) is 2.25. The average molecular weight is 266 g/mol. The Morgan fingerprint density at radius 3 is 3.06 bits per heavy atom. The van der Waals surface area contributed by atoms with Crippen LogP contribution >= 0.6 is 11.6 Å². The van der Waals surface area contributed by atoms with Crippen molar-refractivity contribution in [1.29, 1.82) is 0 Å². The fourth-order valence-corrected chi connectivity index (χ4v) is 3.10. The van der Waals surface area contributed by atoms with Gasteiger partial charge in [-0.25, -0.2) is 4.79 Å². The van der Waals surface area contributed by atoms with Gasteiger partial charge < -0.3 is 9.88 Å². The summed E-state index contributed by atoms with van der Waals surface area (Å²) < 4.78 is 1.83. The molecule has 0 bridgehead atoms. The quantitative estimate of drug-likeness (QED) is 0.859. The highest BCUT2D eigenvalue weighted by Crippen LogP contribution is 2.27. The number of para-hydroxylation sites is 1. The molecule has 1 aliphatic heterocycles. The number of nitrogens with one attached hydrogen (secondary N) is 1. The number of nitrogens with zero attached hydrogens (tertiary/aromatic N) is 2. The van der Waals surface area contributed by atoms with Crippen molar-refractivity contribution in [3.05, 3.63) is 33.7 Å². The lowest BCUT2D eigenvalue weighted by molar-refractivity contribution is 0.212. The second-order valence-electron chi connectivity index (χ2n) is 4.99. The number of piperidine rings is 1. The van der Waals surface area contributed by atoms with Crippen molar-refractivity contribution in [3.8, 4) is 0 Å². The molecule has 4 nitrogen and oxygen atoms in total. The third-order valence-electron chi connectivity index (χ3n) is 3.65. The molecule has 96 valence electrons. The van der Waals surface area contributed by atoms with Gasteiger partial charge in [-0.1, -0.05) is 17.7 Å². The van der Waals surface area contributed by atoms with E-state index in [2.05, 4.69) is 16.9 Å². The van der Waals surface area contributed by atoms with Crippen LogP contribution in [0.25, 0.3) is 11.0 Å². The first kappa shape index (κ1) is 11.8. The monoisotopic (exact) mass is 265 g/mol. The Bertz CT molecular complexity index is 631. The molecule has 1 atom stereocenters. The summed E-state index contributed by atoms with van der Waals surface area (Å²) in [6.45, 7) is 2.00. The molecule has 1 aromatic carbocycles. The molecule has 0 saturated carbocycles. The molecule has 1 unspecified atom stereocenters. The molecule has 3 rings (SSSR count). The first-order valence-electron chi connectivity index (χ1n) is 6.24. The zero-order chi connectivity index (χ0) is 12.7. The largest absolute Gasteiger partial charge is 0.326 e. The van der Waals surface area contributed by atoms with E-state index in [1.165, 1.54) is 0 Å².